The second-order valence-electron chi connectivity index (χ2n) is 10.4. The molecule has 9 heteroatoms. The second-order valence-corrected chi connectivity index (χ2v) is 10.4. The Bertz CT molecular complexity index is 1370. The van der Waals surface area contributed by atoms with Crippen LogP contribution in [0.1, 0.15) is 47.5 Å². The highest BCUT2D eigenvalue weighted by atomic mass is 16.5. The van der Waals surface area contributed by atoms with Crippen molar-refractivity contribution >= 4 is 16.9 Å². The van der Waals surface area contributed by atoms with Crippen molar-refractivity contribution < 1.29 is 14.6 Å². The number of nitrogens with one attached hydrogen (secondary N) is 3. The number of phenolic OH excluding ortho intramolecular Hbond substituents is 1. The topological polar surface area (TPSA) is 120 Å². The van der Waals surface area contributed by atoms with Crippen molar-refractivity contribution in [2.45, 2.75) is 31.6 Å². The summed E-state index contributed by atoms with van der Waals surface area (Å²) in [5.41, 5.74) is 2.19. The summed E-state index contributed by atoms with van der Waals surface area (Å²) >= 11 is 0. The first-order valence-corrected chi connectivity index (χ1v) is 13.3. The number of phenols is 1. The number of carbonyl (C=O) groups excluding carboxylic acids is 1. The predicted molar refractivity (Wildman–Crippen MR) is 141 cm³/mol. The van der Waals surface area contributed by atoms with Crippen LogP contribution in [0.5, 0.6) is 11.5 Å². The molecule has 0 bridgehead atoms. The molecule has 6 rings (SSSR count). The molecule has 2 saturated heterocycles. The molecule has 3 aliphatic rings. The maximum Gasteiger partial charge on any atom is 0.262 e. The van der Waals surface area contributed by atoms with Gasteiger partial charge in [-0.1, -0.05) is 6.07 Å². The maximum absolute atomic E-state index is 13.3. The van der Waals surface area contributed by atoms with E-state index in [1.54, 1.807) is 23.1 Å². The molecule has 1 atom stereocenters. The minimum Gasteiger partial charge on any atom is -0.507 e. The highest BCUT2D eigenvalue weighted by Gasteiger charge is 2.27. The lowest BCUT2D eigenvalue weighted by molar-refractivity contribution is 0.0734. The minimum atomic E-state index is -0.448. The molecule has 9 nitrogen and oxygen atoms in total. The Labute approximate surface area is 215 Å². The zero-order valence-electron chi connectivity index (χ0n) is 20.9. The van der Waals surface area contributed by atoms with E-state index in [1.165, 1.54) is 0 Å². The number of piperidine rings is 1. The van der Waals surface area contributed by atoms with Gasteiger partial charge in [-0.2, -0.15) is 0 Å². The normalized spacial score (nSPS) is 20.2. The average Bonchev–Trinajstić information content (AvgIpc) is 3.76. The van der Waals surface area contributed by atoms with Gasteiger partial charge in [0.05, 0.1) is 17.9 Å². The predicted octanol–water partition coefficient (Wildman–Crippen LogP) is 2.60. The first kappa shape index (κ1) is 23.9. The van der Waals surface area contributed by atoms with E-state index in [0.29, 0.717) is 61.4 Å². The summed E-state index contributed by atoms with van der Waals surface area (Å²) < 4.78 is 6.10. The van der Waals surface area contributed by atoms with Crippen LogP contribution in [-0.2, 0) is 0 Å². The second kappa shape index (κ2) is 10.1. The molecule has 0 spiro atoms. The van der Waals surface area contributed by atoms with Gasteiger partial charge in [-0.25, -0.2) is 4.98 Å². The Morgan fingerprint density at radius 2 is 1.95 bits per heavy atom. The lowest BCUT2D eigenvalue weighted by Gasteiger charge is -2.27. The third-order valence-corrected chi connectivity index (χ3v) is 7.66. The Morgan fingerprint density at radius 1 is 1.11 bits per heavy atom. The fraction of sp³-hybridized carbons (Fsp3) is 0.464. The molecule has 2 aliphatic heterocycles. The number of hydrogen-bond donors (Lipinski definition) is 4. The summed E-state index contributed by atoms with van der Waals surface area (Å²) in [6.45, 7) is 4.95. The van der Waals surface area contributed by atoms with Gasteiger partial charge in [0, 0.05) is 38.1 Å². The number of nitrogens with zero attached hydrogens (tertiary/aromatic N) is 2. The standard InChI is InChI=1S/C28H33N5O4/c34-23-4-1-5-24(37-16-17-6-7-17)25(23)22-14-19(18-3-2-8-30-15-18)20-13-21(27(35)32-26(20)31-22)28(36)33-11-9-29-10-12-33/h1,4-5,13-14,17-18,29-30,34H,2-3,6-12,15-16H2,(H,31,32,35). The molecule has 3 aromatic rings. The molecule has 1 saturated carbocycles. The largest absolute Gasteiger partial charge is 0.507 e. The third kappa shape index (κ3) is 4.93. The lowest BCUT2D eigenvalue weighted by Crippen LogP contribution is -2.47. The Balaban J connectivity index is 1.48. The van der Waals surface area contributed by atoms with Crippen LogP contribution in [0.25, 0.3) is 22.3 Å². The van der Waals surface area contributed by atoms with E-state index < -0.39 is 5.56 Å². The number of H-pyrrole nitrogens is 1. The van der Waals surface area contributed by atoms with Crippen molar-refractivity contribution in [1.82, 2.24) is 25.5 Å². The van der Waals surface area contributed by atoms with Crippen molar-refractivity contribution in [3.63, 3.8) is 0 Å². The molecule has 1 aliphatic carbocycles. The summed E-state index contributed by atoms with van der Waals surface area (Å²) in [5, 5.41) is 18.3. The Kier molecular flexibility index (Phi) is 6.56. The number of benzene rings is 1. The number of carbonyl (C=O) groups is 1. The van der Waals surface area contributed by atoms with Crippen LogP contribution in [0.15, 0.2) is 35.1 Å². The molecular formula is C28H33N5O4. The molecule has 4 N–H and O–H groups in total. The lowest BCUT2D eigenvalue weighted by atomic mass is 9.88. The van der Waals surface area contributed by atoms with Gasteiger partial charge >= 0.3 is 0 Å². The van der Waals surface area contributed by atoms with E-state index in [4.69, 9.17) is 9.72 Å². The van der Waals surface area contributed by atoms with Crippen LogP contribution in [0.3, 0.4) is 0 Å². The number of hydrogen-bond acceptors (Lipinski definition) is 7. The summed E-state index contributed by atoms with van der Waals surface area (Å²) in [6.07, 6.45) is 4.35. The van der Waals surface area contributed by atoms with Crippen molar-refractivity contribution in [2.24, 2.45) is 5.92 Å². The van der Waals surface area contributed by atoms with E-state index in [0.717, 1.165) is 49.7 Å². The van der Waals surface area contributed by atoms with Gasteiger partial charge in [0.25, 0.3) is 11.5 Å². The van der Waals surface area contributed by atoms with E-state index in [1.807, 2.05) is 12.1 Å². The van der Waals surface area contributed by atoms with Gasteiger partial charge in [0.2, 0.25) is 0 Å². The minimum absolute atomic E-state index is 0.0840. The van der Waals surface area contributed by atoms with Crippen molar-refractivity contribution in [1.29, 1.82) is 0 Å². The van der Waals surface area contributed by atoms with Gasteiger partial charge in [-0.15, -0.1) is 0 Å². The van der Waals surface area contributed by atoms with Gasteiger partial charge in [-0.3, -0.25) is 9.59 Å². The van der Waals surface area contributed by atoms with Crippen molar-refractivity contribution in [3.05, 3.63) is 51.8 Å². The molecule has 37 heavy (non-hydrogen) atoms. The number of fused-ring (bicyclic) bond motifs is 1. The summed E-state index contributed by atoms with van der Waals surface area (Å²) in [7, 11) is 0. The van der Waals surface area contributed by atoms with Gasteiger partial charge in [0.1, 0.15) is 22.7 Å². The number of aromatic amines is 1. The Hall–Kier alpha value is -3.43. The molecule has 0 radical (unpaired) electrons. The monoisotopic (exact) mass is 503 g/mol. The SMILES string of the molecule is O=C(c1cc2c(C3CCCNC3)cc(-c3c(O)cccc3OCC3CC3)nc2[nH]c1=O)N1CCNCC1. The van der Waals surface area contributed by atoms with E-state index in [9.17, 15) is 14.7 Å². The summed E-state index contributed by atoms with van der Waals surface area (Å²) in [6, 6.07) is 8.96. The van der Waals surface area contributed by atoms with Crippen LogP contribution >= 0.6 is 0 Å². The molecule has 2 aromatic heterocycles. The highest BCUT2D eigenvalue weighted by molar-refractivity contribution is 5.98. The third-order valence-electron chi connectivity index (χ3n) is 7.66. The molecule has 1 unspecified atom stereocenters. The van der Waals surface area contributed by atoms with Crippen LogP contribution in [0.2, 0.25) is 0 Å². The van der Waals surface area contributed by atoms with E-state index in [-0.39, 0.29) is 23.1 Å². The number of aromatic hydroxyl groups is 1. The quantitative estimate of drug-likeness (QED) is 0.408. The number of aromatic nitrogens is 2. The molecule has 4 heterocycles. The fourth-order valence-corrected chi connectivity index (χ4v) is 5.38. The van der Waals surface area contributed by atoms with Crippen molar-refractivity contribution in [2.75, 3.05) is 45.9 Å². The molecule has 1 aromatic carbocycles. The molecule has 1 amide bonds. The van der Waals surface area contributed by atoms with E-state index in [2.05, 4.69) is 15.6 Å². The van der Waals surface area contributed by atoms with Crippen molar-refractivity contribution in [3.8, 4) is 22.8 Å². The molecule has 3 fully saturated rings. The number of pyridine rings is 2. The molecule has 194 valence electrons. The van der Waals surface area contributed by atoms with E-state index >= 15 is 0 Å². The van der Waals surface area contributed by atoms with Gasteiger partial charge in [-0.05, 0) is 73.9 Å². The smallest absolute Gasteiger partial charge is 0.262 e. The fourth-order valence-electron chi connectivity index (χ4n) is 5.38. The van der Waals surface area contributed by atoms with Gasteiger partial charge in [0.15, 0.2) is 0 Å². The van der Waals surface area contributed by atoms with Crippen LogP contribution < -0.4 is 20.9 Å². The Morgan fingerprint density at radius 3 is 2.70 bits per heavy atom. The highest BCUT2D eigenvalue weighted by Crippen LogP contribution is 2.41. The number of rotatable bonds is 6. The maximum atomic E-state index is 13.3. The average molecular weight is 504 g/mol. The number of ether oxygens (including phenoxy) is 1. The number of amides is 1. The van der Waals surface area contributed by atoms with Crippen LogP contribution in [0.4, 0.5) is 0 Å². The molecular weight excluding hydrogens is 470 g/mol. The summed E-state index contributed by atoms with van der Waals surface area (Å²) in [5.74, 6) is 1.16. The zero-order chi connectivity index (χ0) is 25.4. The van der Waals surface area contributed by atoms with Crippen LogP contribution in [-0.4, -0.2) is 71.8 Å². The zero-order valence-corrected chi connectivity index (χ0v) is 20.9. The first-order valence-electron chi connectivity index (χ1n) is 13.3. The first-order chi connectivity index (χ1) is 18.1. The number of piperazine rings is 1. The van der Waals surface area contributed by atoms with Gasteiger partial charge < -0.3 is 30.4 Å². The summed E-state index contributed by atoms with van der Waals surface area (Å²) in [4.78, 5) is 35.8. The van der Waals surface area contributed by atoms with Crippen LogP contribution in [0, 0.1) is 5.92 Å².